The van der Waals surface area contributed by atoms with Crippen LogP contribution in [0.15, 0.2) is 49.1 Å². The minimum absolute atomic E-state index is 0.0682. The number of hydrogen-bond donors (Lipinski definition) is 1. The number of ether oxygens (including phenoxy) is 1. The number of aromatic nitrogens is 4. The molecule has 6 nitrogen and oxygen atoms in total. The molecule has 1 saturated heterocycles. The Hall–Kier alpha value is -2.93. The predicted molar refractivity (Wildman–Crippen MR) is 94.7 cm³/mol. The molecule has 1 aliphatic heterocycles. The van der Waals surface area contributed by atoms with Gasteiger partial charge < -0.3 is 10.1 Å². The van der Waals surface area contributed by atoms with Crippen LogP contribution in [0.25, 0.3) is 11.3 Å². The number of nitrogens with zero attached hydrogens (tertiary/aromatic N) is 4. The van der Waals surface area contributed by atoms with Crippen LogP contribution in [-0.2, 0) is 11.3 Å². The third-order valence-electron chi connectivity index (χ3n) is 4.26. The minimum atomic E-state index is -0.251. The Balaban J connectivity index is 1.60. The molecule has 0 spiro atoms. The molecule has 0 amide bonds. The lowest BCUT2D eigenvalue weighted by Gasteiger charge is -2.15. The molecule has 0 radical (unpaired) electrons. The highest BCUT2D eigenvalue weighted by Gasteiger charge is 2.24. The van der Waals surface area contributed by atoms with Crippen molar-refractivity contribution in [2.24, 2.45) is 0 Å². The standard InChI is InChI=1S/C19H18FN5O/c20-14-5-3-13(4-6-14)10-23-19-24-11-15(16-12-21-7-8-22-16)18(25-19)17-2-1-9-26-17/h3-8,11-12,17H,1-2,9-10H2,(H,23,24,25)/t17-/m1/s1. The van der Waals surface area contributed by atoms with E-state index >= 15 is 0 Å². The van der Waals surface area contributed by atoms with Crippen molar-refractivity contribution in [1.29, 1.82) is 0 Å². The first-order valence-corrected chi connectivity index (χ1v) is 8.53. The van der Waals surface area contributed by atoms with Crippen LogP contribution in [0.2, 0.25) is 0 Å². The van der Waals surface area contributed by atoms with E-state index in [0.717, 1.165) is 42.0 Å². The van der Waals surface area contributed by atoms with Crippen molar-refractivity contribution < 1.29 is 9.13 Å². The molecular weight excluding hydrogens is 333 g/mol. The molecule has 26 heavy (non-hydrogen) atoms. The Labute approximate surface area is 150 Å². The van der Waals surface area contributed by atoms with Gasteiger partial charge in [-0.05, 0) is 30.5 Å². The Morgan fingerprint density at radius 2 is 2.00 bits per heavy atom. The van der Waals surface area contributed by atoms with Gasteiger partial charge in [-0.15, -0.1) is 0 Å². The van der Waals surface area contributed by atoms with Crippen molar-refractivity contribution >= 4 is 5.95 Å². The van der Waals surface area contributed by atoms with Crippen LogP contribution in [0.5, 0.6) is 0 Å². The van der Waals surface area contributed by atoms with Crippen molar-refractivity contribution in [3.63, 3.8) is 0 Å². The van der Waals surface area contributed by atoms with E-state index in [4.69, 9.17) is 4.74 Å². The van der Waals surface area contributed by atoms with Gasteiger partial charge in [0.1, 0.15) is 11.9 Å². The zero-order valence-corrected chi connectivity index (χ0v) is 14.1. The van der Waals surface area contributed by atoms with E-state index in [2.05, 4.69) is 25.3 Å². The van der Waals surface area contributed by atoms with Crippen LogP contribution >= 0.6 is 0 Å². The summed E-state index contributed by atoms with van der Waals surface area (Å²) in [6.45, 7) is 1.24. The molecule has 3 heterocycles. The lowest BCUT2D eigenvalue weighted by atomic mass is 10.1. The third kappa shape index (κ3) is 3.67. The third-order valence-corrected chi connectivity index (χ3v) is 4.26. The highest BCUT2D eigenvalue weighted by atomic mass is 19.1. The maximum atomic E-state index is 13.0. The summed E-state index contributed by atoms with van der Waals surface area (Å²) in [6, 6.07) is 6.34. The van der Waals surface area contributed by atoms with E-state index in [9.17, 15) is 4.39 Å². The second-order valence-corrected chi connectivity index (χ2v) is 6.06. The lowest BCUT2D eigenvalue weighted by molar-refractivity contribution is 0.109. The average molecular weight is 351 g/mol. The fourth-order valence-corrected chi connectivity index (χ4v) is 2.94. The van der Waals surface area contributed by atoms with Crippen LogP contribution in [0.4, 0.5) is 10.3 Å². The smallest absolute Gasteiger partial charge is 0.223 e. The largest absolute Gasteiger partial charge is 0.372 e. The average Bonchev–Trinajstić information content (AvgIpc) is 3.23. The number of benzene rings is 1. The molecule has 0 bridgehead atoms. The van der Waals surface area contributed by atoms with E-state index in [0.29, 0.717) is 12.5 Å². The summed E-state index contributed by atoms with van der Waals surface area (Å²) < 4.78 is 18.8. The van der Waals surface area contributed by atoms with Crippen molar-refractivity contribution in [2.45, 2.75) is 25.5 Å². The molecule has 0 saturated carbocycles. The number of halogens is 1. The molecule has 1 aromatic carbocycles. The summed E-state index contributed by atoms with van der Waals surface area (Å²) in [5, 5.41) is 3.19. The summed E-state index contributed by atoms with van der Waals surface area (Å²) in [6.07, 6.45) is 8.59. The zero-order chi connectivity index (χ0) is 17.8. The lowest BCUT2D eigenvalue weighted by Crippen LogP contribution is -2.09. The Morgan fingerprint density at radius 3 is 2.73 bits per heavy atom. The molecule has 2 aromatic heterocycles. The predicted octanol–water partition coefficient (Wildman–Crippen LogP) is 3.54. The van der Waals surface area contributed by atoms with Crippen molar-refractivity contribution in [3.05, 3.63) is 66.1 Å². The second kappa shape index (κ2) is 7.53. The monoisotopic (exact) mass is 351 g/mol. The first-order valence-electron chi connectivity index (χ1n) is 8.53. The summed E-state index contributed by atoms with van der Waals surface area (Å²) in [5.74, 6) is 0.256. The molecular formula is C19H18FN5O. The molecule has 1 aliphatic rings. The first kappa shape index (κ1) is 16.5. The Kier molecular flexibility index (Phi) is 4.79. The van der Waals surface area contributed by atoms with E-state index < -0.39 is 0 Å². The molecule has 4 rings (SSSR count). The summed E-state index contributed by atoms with van der Waals surface area (Å²) in [7, 11) is 0. The van der Waals surface area contributed by atoms with Gasteiger partial charge in [0, 0.05) is 37.3 Å². The quantitative estimate of drug-likeness (QED) is 0.758. The maximum Gasteiger partial charge on any atom is 0.223 e. The SMILES string of the molecule is Fc1ccc(CNc2ncc(-c3cnccn3)c([C@H]3CCCO3)n2)cc1. The van der Waals surface area contributed by atoms with Crippen LogP contribution in [0.1, 0.15) is 30.2 Å². The fourth-order valence-electron chi connectivity index (χ4n) is 2.94. The number of nitrogens with one attached hydrogen (secondary N) is 1. The molecule has 1 N–H and O–H groups in total. The van der Waals surface area contributed by atoms with Gasteiger partial charge >= 0.3 is 0 Å². The van der Waals surface area contributed by atoms with Gasteiger partial charge in [0.25, 0.3) is 0 Å². The van der Waals surface area contributed by atoms with Crippen LogP contribution in [-0.4, -0.2) is 26.5 Å². The van der Waals surface area contributed by atoms with Crippen LogP contribution in [0.3, 0.4) is 0 Å². The van der Waals surface area contributed by atoms with Gasteiger partial charge in [0.05, 0.1) is 17.6 Å². The van der Waals surface area contributed by atoms with Gasteiger partial charge in [-0.3, -0.25) is 9.97 Å². The molecule has 0 aliphatic carbocycles. The summed E-state index contributed by atoms with van der Waals surface area (Å²) in [5.41, 5.74) is 3.33. The normalized spacial score (nSPS) is 16.6. The topological polar surface area (TPSA) is 72.8 Å². The molecule has 1 fully saturated rings. The number of hydrogen-bond acceptors (Lipinski definition) is 6. The van der Waals surface area contributed by atoms with Gasteiger partial charge in [0.15, 0.2) is 0 Å². The maximum absolute atomic E-state index is 13.0. The van der Waals surface area contributed by atoms with Gasteiger partial charge in [-0.2, -0.15) is 0 Å². The van der Waals surface area contributed by atoms with Gasteiger partial charge in [-0.1, -0.05) is 12.1 Å². The van der Waals surface area contributed by atoms with Crippen molar-refractivity contribution in [3.8, 4) is 11.3 Å². The van der Waals surface area contributed by atoms with Crippen LogP contribution < -0.4 is 5.32 Å². The molecule has 7 heteroatoms. The van der Waals surface area contributed by atoms with E-state index in [1.807, 2.05) is 0 Å². The first-order chi connectivity index (χ1) is 12.8. The Bertz CT molecular complexity index is 867. The van der Waals surface area contributed by atoms with E-state index in [-0.39, 0.29) is 11.9 Å². The molecule has 3 aromatic rings. The fraction of sp³-hybridized carbons (Fsp3) is 0.263. The number of anilines is 1. The summed E-state index contributed by atoms with van der Waals surface area (Å²) >= 11 is 0. The second-order valence-electron chi connectivity index (χ2n) is 6.06. The zero-order valence-electron chi connectivity index (χ0n) is 14.1. The molecule has 132 valence electrons. The molecule has 0 unspecified atom stereocenters. The number of rotatable bonds is 5. The van der Waals surface area contributed by atoms with E-state index in [1.165, 1.54) is 12.1 Å². The summed E-state index contributed by atoms with van der Waals surface area (Å²) in [4.78, 5) is 17.6. The van der Waals surface area contributed by atoms with Gasteiger partial charge in [0.2, 0.25) is 5.95 Å². The van der Waals surface area contributed by atoms with E-state index in [1.54, 1.807) is 36.9 Å². The Morgan fingerprint density at radius 1 is 1.12 bits per heavy atom. The highest BCUT2D eigenvalue weighted by Crippen LogP contribution is 2.33. The van der Waals surface area contributed by atoms with Gasteiger partial charge in [-0.25, -0.2) is 14.4 Å². The van der Waals surface area contributed by atoms with Crippen molar-refractivity contribution in [1.82, 2.24) is 19.9 Å². The molecule has 1 atom stereocenters. The highest BCUT2D eigenvalue weighted by molar-refractivity contribution is 5.61. The van der Waals surface area contributed by atoms with Crippen LogP contribution in [0, 0.1) is 5.82 Å². The minimum Gasteiger partial charge on any atom is -0.372 e. The van der Waals surface area contributed by atoms with Crippen molar-refractivity contribution in [2.75, 3.05) is 11.9 Å².